The van der Waals surface area contributed by atoms with Crippen LogP contribution >= 0.6 is 0 Å². The number of rotatable bonds is 6. The average molecular weight is 489 g/mol. The van der Waals surface area contributed by atoms with Crippen LogP contribution in [0.1, 0.15) is 66.4 Å². The molecule has 36 heavy (non-hydrogen) atoms. The zero-order chi connectivity index (χ0) is 26.3. The number of nitrogens with two attached hydrogens (primary N) is 1. The molecule has 0 spiro atoms. The summed E-state index contributed by atoms with van der Waals surface area (Å²) in [6.45, 7) is 2.99. The third-order valence-corrected chi connectivity index (χ3v) is 5.92. The molecule has 0 aliphatic heterocycles. The average Bonchev–Trinajstić information content (AvgIpc) is 2.86. The van der Waals surface area contributed by atoms with Crippen molar-refractivity contribution < 1.29 is 23.9 Å². The number of hydrogen-bond acceptors (Lipinski definition) is 8. The maximum absolute atomic E-state index is 13.1. The molecule has 1 heterocycles. The smallest absolute Gasteiger partial charge is 0.339 e. The number of hydrogen-bond donors (Lipinski definition) is 1. The first-order chi connectivity index (χ1) is 17.0. The molecule has 1 aliphatic rings. The molecule has 1 aromatic heterocycles. The zero-order valence-corrected chi connectivity index (χ0v) is 19.9. The van der Waals surface area contributed by atoms with E-state index >= 15 is 0 Å². The summed E-state index contributed by atoms with van der Waals surface area (Å²) in [5, 5.41) is 0. The quantitative estimate of drug-likeness (QED) is 0.317. The van der Waals surface area contributed by atoms with Crippen molar-refractivity contribution in [1.82, 2.24) is 9.13 Å². The molecule has 0 unspecified atom stereocenters. The summed E-state index contributed by atoms with van der Waals surface area (Å²) in [6, 6.07) is 10.5. The lowest BCUT2D eigenvalue weighted by Crippen LogP contribution is -2.43. The normalized spacial score (nSPS) is 12.3. The first-order valence-corrected chi connectivity index (χ1v) is 11.2. The first-order valence-electron chi connectivity index (χ1n) is 11.2. The van der Waals surface area contributed by atoms with Crippen LogP contribution in [0.15, 0.2) is 52.1 Å². The Kier molecular flexibility index (Phi) is 6.28. The number of ketones is 3. The number of nitrogens with zero attached hydrogens (tertiary/aromatic N) is 2. The fraction of sp³-hybridized carbons (Fsp3) is 0.231. The largest absolute Gasteiger partial charge is 0.454 e. The SMILES string of the molecule is CC(C)Cn1c(N)c(C(=O)COC(=O)c2cccc3c2C(=O)c2ccccc2C3=O)c(=O)n(C)c1=O. The molecule has 1 aliphatic carbocycles. The maximum Gasteiger partial charge on any atom is 0.339 e. The van der Waals surface area contributed by atoms with E-state index in [4.69, 9.17) is 10.5 Å². The van der Waals surface area contributed by atoms with Crippen LogP contribution < -0.4 is 17.0 Å². The molecule has 3 aromatic rings. The molecule has 2 N–H and O–H groups in total. The minimum atomic E-state index is -1.02. The highest BCUT2D eigenvalue weighted by Gasteiger charge is 2.33. The fourth-order valence-corrected chi connectivity index (χ4v) is 4.18. The van der Waals surface area contributed by atoms with Gasteiger partial charge in [-0.3, -0.25) is 28.3 Å². The van der Waals surface area contributed by atoms with Crippen LogP contribution in [0.2, 0.25) is 0 Å². The molecule has 0 fully saturated rings. The van der Waals surface area contributed by atoms with Gasteiger partial charge in [0.1, 0.15) is 11.4 Å². The summed E-state index contributed by atoms with van der Waals surface area (Å²) in [5.74, 6) is -3.17. The molecule has 2 aromatic carbocycles. The van der Waals surface area contributed by atoms with E-state index in [0.29, 0.717) is 0 Å². The molecule has 0 amide bonds. The Morgan fingerprint density at radius 1 is 0.917 bits per heavy atom. The third kappa shape index (κ3) is 3.96. The van der Waals surface area contributed by atoms with Crippen LogP contribution in [0.25, 0.3) is 0 Å². The van der Waals surface area contributed by atoms with Crippen LogP contribution in [0.3, 0.4) is 0 Å². The summed E-state index contributed by atoms with van der Waals surface area (Å²) in [6.07, 6.45) is 0. The second-order valence-electron chi connectivity index (χ2n) is 8.84. The number of ether oxygens (including phenoxy) is 1. The molecule has 4 rings (SSSR count). The Hall–Kier alpha value is -4.60. The number of carbonyl (C=O) groups is 4. The van der Waals surface area contributed by atoms with Gasteiger partial charge >= 0.3 is 11.7 Å². The Morgan fingerprint density at radius 2 is 1.53 bits per heavy atom. The monoisotopic (exact) mass is 489 g/mol. The van der Waals surface area contributed by atoms with Crippen molar-refractivity contribution in [2.45, 2.75) is 20.4 Å². The minimum Gasteiger partial charge on any atom is -0.454 e. The second-order valence-corrected chi connectivity index (χ2v) is 8.84. The van der Waals surface area contributed by atoms with Crippen LogP contribution in [-0.2, 0) is 18.3 Å². The van der Waals surface area contributed by atoms with Gasteiger partial charge in [0.25, 0.3) is 5.56 Å². The molecule has 0 bridgehead atoms. The van der Waals surface area contributed by atoms with E-state index < -0.39 is 46.7 Å². The third-order valence-electron chi connectivity index (χ3n) is 5.92. The number of esters is 1. The molecular formula is C26H23N3O7. The van der Waals surface area contributed by atoms with Crippen LogP contribution in [0.5, 0.6) is 0 Å². The minimum absolute atomic E-state index is 0.00193. The number of nitrogen functional groups attached to an aromatic ring is 1. The Bertz CT molecular complexity index is 1580. The Morgan fingerprint density at radius 3 is 2.17 bits per heavy atom. The molecule has 184 valence electrons. The highest BCUT2D eigenvalue weighted by atomic mass is 16.5. The summed E-state index contributed by atoms with van der Waals surface area (Å²) < 4.78 is 7.03. The van der Waals surface area contributed by atoms with Gasteiger partial charge in [0.05, 0.1) is 5.56 Å². The highest BCUT2D eigenvalue weighted by molar-refractivity contribution is 6.30. The predicted molar refractivity (Wildman–Crippen MR) is 130 cm³/mol. The van der Waals surface area contributed by atoms with Gasteiger partial charge in [-0.1, -0.05) is 50.2 Å². The van der Waals surface area contributed by atoms with E-state index in [9.17, 15) is 28.8 Å². The van der Waals surface area contributed by atoms with Crippen molar-refractivity contribution in [2.24, 2.45) is 13.0 Å². The van der Waals surface area contributed by atoms with Gasteiger partial charge < -0.3 is 10.5 Å². The molecule has 0 radical (unpaired) electrons. The van der Waals surface area contributed by atoms with Gasteiger partial charge in [-0.15, -0.1) is 0 Å². The molecule has 0 saturated heterocycles. The standard InChI is InChI=1S/C26H23N3O7/c1-13(2)11-29-23(27)20(24(33)28(3)26(29)35)18(30)12-36-25(34)17-10-6-9-16-19(17)22(32)15-8-5-4-7-14(15)21(16)31/h4-10,13H,11-12,27H2,1-3H3. The fourth-order valence-electron chi connectivity index (χ4n) is 4.18. The Balaban J connectivity index is 1.65. The topological polar surface area (TPSA) is 148 Å². The van der Waals surface area contributed by atoms with Crippen molar-refractivity contribution in [3.63, 3.8) is 0 Å². The lowest BCUT2D eigenvalue weighted by Gasteiger charge is -2.19. The maximum atomic E-state index is 13.1. The number of aromatic nitrogens is 2. The lowest BCUT2D eigenvalue weighted by molar-refractivity contribution is 0.0472. The van der Waals surface area contributed by atoms with Gasteiger partial charge in [0, 0.05) is 35.8 Å². The summed E-state index contributed by atoms with van der Waals surface area (Å²) in [7, 11) is 1.22. The van der Waals surface area contributed by atoms with Gasteiger partial charge in [-0.25, -0.2) is 9.59 Å². The van der Waals surface area contributed by atoms with Crippen LogP contribution in [0.4, 0.5) is 5.82 Å². The highest BCUT2D eigenvalue weighted by Crippen LogP contribution is 2.29. The molecule has 10 heteroatoms. The summed E-state index contributed by atoms with van der Waals surface area (Å²) in [4.78, 5) is 76.8. The van der Waals surface area contributed by atoms with Crippen molar-refractivity contribution in [3.05, 3.63) is 96.7 Å². The van der Waals surface area contributed by atoms with Gasteiger partial charge in [0.2, 0.25) is 5.78 Å². The summed E-state index contributed by atoms with van der Waals surface area (Å²) >= 11 is 0. The number of fused-ring (bicyclic) bond motifs is 2. The van der Waals surface area contributed by atoms with E-state index in [1.165, 1.54) is 37.4 Å². The Labute approximate surface area is 204 Å². The lowest BCUT2D eigenvalue weighted by atomic mass is 9.82. The van der Waals surface area contributed by atoms with Crippen LogP contribution in [-0.4, -0.2) is 39.1 Å². The van der Waals surface area contributed by atoms with Crippen LogP contribution in [0, 0.1) is 5.92 Å². The van der Waals surface area contributed by atoms with E-state index in [0.717, 1.165) is 9.13 Å². The van der Waals surface area contributed by atoms with Crippen molar-refractivity contribution in [2.75, 3.05) is 12.3 Å². The van der Waals surface area contributed by atoms with Crippen molar-refractivity contribution in [3.8, 4) is 0 Å². The number of anilines is 1. The molecule has 10 nitrogen and oxygen atoms in total. The summed E-state index contributed by atoms with van der Waals surface area (Å²) in [5.41, 5.74) is 4.11. The number of benzene rings is 2. The van der Waals surface area contributed by atoms with E-state index in [-0.39, 0.29) is 46.1 Å². The van der Waals surface area contributed by atoms with Crippen molar-refractivity contribution >= 4 is 29.1 Å². The van der Waals surface area contributed by atoms with Crippen molar-refractivity contribution in [1.29, 1.82) is 0 Å². The van der Waals surface area contributed by atoms with Gasteiger partial charge in [-0.2, -0.15) is 0 Å². The number of carbonyl (C=O) groups excluding carboxylic acids is 4. The molecule has 0 atom stereocenters. The van der Waals surface area contributed by atoms with E-state index in [1.807, 2.05) is 13.8 Å². The second kappa shape index (κ2) is 9.21. The van der Waals surface area contributed by atoms with Gasteiger partial charge in [0.15, 0.2) is 18.2 Å². The molecular weight excluding hydrogens is 466 g/mol. The number of Topliss-reactive ketones (excluding diaryl/α,β-unsaturated/α-hetero) is 1. The van der Waals surface area contributed by atoms with E-state index in [1.54, 1.807) is 12.1 Å². The van der Waals surface area contributed by atoms with E-state index in [2.05, 4.69) is 0 Å². The predicted octanol–water partition coefficient (Wildman–Crippen LogP) is 1.60. The first kappa shape index (κ1) is 24.5. The van der Waals surface area contributed by atoms with Gasteiger partial charge in [-0.05, 0) is 12.0 Å². The zero-order valence-electron chi connectivity index (χ0n) is 19.9. The molecule has 0 saturated carbocycles.